The van der Waals surface area contributed by atoms with E-state index in [1.165, 1.54) is 13.8 Å². The Labute approximate surface area is 168 Å². The van der Waals surface area contributed by atoms with E-state index in [9.17, 15) is 19.2 Å². The molecule has 0 bridgehead atoms. The highest BCUT2D eigenvalue weighted by Crippen LogP contribution is 2.38. The Morgan fingerprint density at radius 1 is 1.14 bits per heavy atom. The molecule has 150 valence electrons. The van der Waals surface area contributed by atoms with Crippen molar-refractivity contribution in [2.75, 3.05) is 5.32 Å². The molecule has 1 saturated heterocycles. The number of ether oxygens (including phenoxy) is 1. The molecule has 0 unspecified atom stereocenters. The molecular weight excluding hydrogens is 384 g/mol. The van der Waals surface area contributed by atoms with Crippen molar-refractivity contribution in [2.24, 2.45) is 11.8 Å². The van der Waals surface area contributed by atoms with Crippen molar-refractivity contribution in [1.82, 2.24) is 4.90 Å². The number of likely N-dealkylation sites (tertiary alicyclic amines) is 1. The second-order valence-electron chi connectivity index (χ2n) is 7.30. The SMILES string of the molecule is C[C@H](OC(=O)[C@H](C)N1C(=O)[C@H]2CCCC[C@H]2C1=O)C(=O)Nc1cccc(Cl)c1. The van der Waals surface area contributed by atoms with Gasteiger partial charge in [0.1, 0.15) is 6.04 Å². The van der Waals surface area contributed by atoms with E-state index in [1.54, 1.807) is 24.3 Å². The summed E-state index contributed by atoms with van der Waals surface area (Å²) in [5.74, 6) is -2.60. The van der Waals surface area contributed by atoms with Gasteiger partial charge < -0.3 is 10.1 Å². The lowest BCUT2D eigenvalue weighted by atomic mass is 9.81. The molecule has 4 atom stereocenters. The maximum Gasteiger partial charge on any atom is 0.329 e. The number of carbonyl (C=O) groups excluding carboxylic acids is 4. The third-order valence-electron chi connectivity index (χ3n) is 5.36. The number of carbonyl (C=O) groups is 4. The monoisotopic (exact) mass is 406 g/mol. The predicted molar refractivity (Wildman–Crippen MR) is 102 cm³/mol. The quantitative estimate of drug-likeness (QED) is 0.599. The average Bonchev–Trinajstić information content (AvgIpc) is 2.92. The number of nitrogens with zero attached hydrogens (tertiary/aromatic N) is 1. The molecule has 1 aliphatic carbocycles. The second kappa shape index (κ2) is 8.31. The van der Waals surface area contributed by atoms with Gasteiger partial charge >= 0.3 is 5.97 Å². The van der Waals surface area contributed by atoms with Crippen LogP contribution in [-0.4, -0.2) is 40.7 Å². The van der Waals surface area contributed by atoms with Crippen LogP contribution in [0.25, 0.3) is 0 Å². The number of amides is 3. The van der Waals surface area contributed by atoms with Gasteiger partial charge in [0, 0.05) is 10.7 Å². The number of benzene rings is 1. The van der Waals surface area contributed by atoms with E-state index in [-0.39, 0.29) is 23.7 Å². The fraction of sp³-hybridized carbons (Fsp3) is 0.500. The van der Waals surface area contributed by atoms with Gasteiger partial charge in [-0.15, -0.1) is 0 Å². The highest BCUT2D eigenvalue weighted by molar-refractivity contribution is 6.30. The van der Waals surface area contributed by atoms with Crippen LogP contribution in [0.3, 0.4) is 0 Å². The zero-order valence-corrected chi connectivity index (χ0v) is 16.6. The minimum absolute atomic E-state index is 0.310. The Balaban J connectivity index is 1.61. The molecule has 3 amide bonds. The summed E-state index contributed by atoms with van der Waals surface area (Å²) < 4.78 is 5.21. The molecule has 0 aromatic heterocycles. The number of nitrogens with one attached hydrogen (secondary N) is 1. The Kier molecular flexibility index (Phi) is 6.03. The van der Waals surface area contributed by atoms with Gasteiger partial charge in [-0.1, -0.05) is 30.5 Å². The first-order valence-corrected chi connectivity index (χ1v) is 9.81. The number of halogens is 1. The third-order valence-corrected chi connectivity index (χ3v) is 5.59. The molecule has 1 aliphatic heterocycles. The molecule has 2 aliphatic rings. The Morgan fingerprint density at radius 3 is 2.32 bits per heavy atom. The normalized spacial score (nSPS) is 23.8. The molecule has 1 N–H and O–H groups in total. The summed E-state index contributed by atoms with van der Waals surface area (Å²) in [7, 11) is 0. The maximum atomic E-state index is 12.6. The lowest BCUT2D eigenvalue weighted by molar-refractivity contribution is -0.163. The first-order valence-electron chi connectivity index (χ1n) is 9.43. The van der Waals surface area contributed by atoms with Crippen LogP contribution in [0.4, 0.5) is 5.69 Å². The standard InChI is InChI=1S/C20H23ClN2O5/c1-11(23-18(25)15-8-3-4-9-16(15)19(23)26)20(27)28-12(2)17(24)22-14-7-5-6-13(21)10-14/h5-7,10-12,15-16H,3-4,8-9H2,1-2H3,(H,22,24)/t11-,12-,15-,16+/m0/s1. The van der Waals surface area contributed by atoms with Gasteiger partial charge in [0.2, 0.25) is 11.8 Å². The van der Waals surface area contributed by atoms with Crippen molar-refractivity contribution in [2.45, 2.75) is 51.7 Å². The van der Waals surface area contributed by atoms with E-state index in [4.69, 9.17) is 16.3 Å². The molecular formula is C20H23ClN2O5. The summed E-state index contributed by atoms with van der Waals surface area (Å²) in [4.78, 5) is 50.9. The number of fused-ring (bicyclic) bond motifs is 1. The summed E-state index contributed by atoms with van der Waals surface area (Å²) in [5.41, 5.74) is 0.474. The predicted octanol–water partition coefficient (Wildman–Crippen LogP) is 2.77. The topological polar surface area (TPSA) is 92.8 Å². The van der Waals surface area contributed by atoms with Crippen LogP contribution in [0.1, 0.15) is 39.5 Å². The number of imide groups is 1. The highest BCUT2D eigenvalue weighted by Gasteiger charge is 2.51. The number of anilines is 1. The first-order chi connectivity index (χ1) is 13.3. The van der Waals surface area contributed by atoms with Crippen molar-refractivity contribution in [3.05, 3.63) is 29.3 Å². The van der Waals surface area contributed by atoms with E-state index < -0.39 is 24.0 Å². The van der Waals surface area contributed by atoms with Gasteiger partial charge in [0.05, 0.1) is 11.8 Å². The third kappa shape index (κ3) is 4.04. The summed E-state index contributed by atoms with van der Waals surface area (Å²) in [6.07, 6.45) is 2.07. The van der Waals surface area contributed by atoms with Crippen LogP contribution >= 0.6 is 11.6 Å². The fourth-order valence-electron chi connectivity index (χ4n) is 3.81. The second-order valence-corrected chi connectivity index (χ2v) is 7.74. The molecule has 3 rings (SSSR count). The molecule has 28 heavy (non-hydrogen) atoms. The molecule has 7 nitrogen and oxygen atoms in total. The van der Waals surface area contributed by atoms with E-state index in [2.05, 4.69) is 5.32 Å². The highest BCUT2D eigenvalue weighted by atomic mass is 35.5. The van der Waals surface area contributed by atoms with Crippen LogP contribution in [0.15, 0.2) is 24.3 Å². The van der Waals surface area contributed by atoms with Gasteiger partial charge in [-0.05, 0) is 44.9 Å². The average molecular weight is 407 g/mol. The van der Waals surface area contributed by atoms with Crippen molar-refractivity contribution >= 4 is 41.0 Å². The van der Waals surface area contributed by atoms with Gasteiger partial charge in [0.15, 0.2) is 6.10 Å². The number of hydrogen-bond donors (Lipinski definition) is 1. The molecule has 1 aromatic rings. The lowest BCUT2D eigenvalue weighted by Gasteiger charge is -2.23. The first kappa shape index (κ1) is 20.3. The van der Waals surface area contributed by atoms with Crippen molar-refractivity contribution in [3.8, 4) is 0 Å². The molecule has 1 saturated carbocycles. The number of rotatable bonds is 5. The Hall–Kier alpha value is -2.41. The molecule has 0 radical (unpaired) electrons. The number of hydrogen-bond acceptors (Lipinski definition) is 5. The molecule has 2 fully saturated rings. The van der Waals surface area contributed by atoms with Gasteiger partial charge in [-0.3, -0.25) is 19.3 Å². The fourth-order valence-corrected chi connectivity index (χ4v) is 4.00. The summed E-state index contributed by atoms with van der Waals surface area (Å²) in [6.45, 7) is 2.88. The van der Waals surface area contributed by atoms with Crippen LogP contribution in [0.2, 0.25) is 5.02 Å². The van der Waals surface area contributed by atoms with Gasteiger partial charge in [-0.25, -0.2) is 4.79 Å². The van der Waals surface area contributed by atoms with Gasteiger partial charge in [0.25, 0.3) is 5.91 Å². The van der Waals surface area contributed by atoms with Crippen LogP contribution < -0.4 is 5.32 Å². The minimum Gasteiger partial charge on any atom is -0.451 e. The van der Waals surface area contributed by atoms with Crippen LogP contribution in [0, 0.1) is 11.8 Å². The van der Waals surface area contributed by atoms with E-state index >= 15 is 0 Å². The van der Waals surface area contributed by atoms with E-state index in [0.717, 1.165) is 17.7 Å². The molecule has 1 heterocycles. The van der Waals surface area contributed by atoms with Crippen LogP contribution in [-0.2, 0) is 23.9 Å². The summed E-state index contributed by atoms with van der Waals surface area (Å²) in [5, 5.41) is 3.07. The summed E-state index contributed by atoms with van der Waals surface area (Å²) >= 11 is 5.88. The Bertz CT molecular complexity index is 788. The molecule has 8 heteroatoms. The zero-order valence-electron chi connectivity index (χ0n) is 15.8. The van der Waals surface area contributed by atoms with Crippen molar-refractivity contribution in [1.29, 1.82) is 0 Å². The molecule has 0 spiro atoms. The minimum atomic E-state index is -1.09. The summed E-state index contributed by atoms with van der Waals surface area (Å²) in [6, 6.07) is 5.52. The zero-order chi connectivity index (χ0) is 20.4. The Morgan fingerprint density at radius 2 is 1.75 bits per heavy atom. The van der Waals surface area contributed by atoms with Crippen molar-refractivity contribution < 1.29 is 23.9 Å². The largest absolute Gasteiger partial charge is 0.451 e. The van der Waals surface area contributed by atoms with E-state index in [0.29, 0.717) is 23.6 Å². The van der Waals surface area contributed by atoms with Crippen molar-refractivity contribution in [3.63, 3.8) is 0 Å². The maximum absolute atomic E-state index is 12.6. The smallest absolute Gasteiger partial charge is 0.329 e. The lowest BCUT2D eigenvalue weighted by Crippen LogP contribution is -2.46. The van der Waals surface area contributed by atoms with Gasteiger partial charge in [-0.2, -0.15) is 0 Å². The van der Waals surface area contributed by atoms with Crippen LogP contribution in [0.5, 0.6) is 0 Å². The molecule has 1 aromatic carbocycles. The van der Waals surface area contributed by atoms with E-state index in [1.807, 2.05) is 0 Å². The number of esters is 1.